The number of allylic oxidation sites excluding steroid dienone is 1. The minimum Gasteiger partial charge on any atom is -0.296 e. The number of aromatic nitrogens is 2. The van der Waals surface area contributed by atoms with E-state index < -0.39 is 10.8 Å². The van der Waals surface area contributed by atoms with E-state index in [0.29, 0.717) is 5.16 Å². The molecule has 0 aromatic carbocycles. The van der Waals surface area contributed by atoms with Gasteiger partial charge in [-0.05, 0) is 6.92 Å². The van der Waals surface area contributed by atoms with Crippen molar-refractivity contribution >= 4 is 16.5 Å². The molecule has 1 aromatic rings. The fraction of sp³-hybridized carbons (Fsp3) is 0.167. The van der Waals surface area contributed by atoms with Gasteiger partial charge in [0.05, 0.1) is 0 Å². The Balaban J connectivity index is 2.72. The molecule has 0 saturated carbocycles. The summed E-state index contributed by atoms with van der Waals surface area (Å²) in [6.45, 7) is 1.91. The molecule has 2 rings (SSSR count). The molecule has 4 heteroatoms. The van der Waals surface area contributed by atoms with Crippen molar-refractivity contribution in [3.05, 3.63) is 17.8 Å². The fourth-order valence-corrected chi connectivity index (χ4v) is 2.06. The molecule has 0 N–H and O–H groups in total. The Kier molecular flexibility index (Phi) is 1.05. The molecule has 1 aromatic heterocycles. The van der Waals surface area contributed by atoms with Gasteiger partial charge >= 0.3 is 0 Å². The number of hydrogen-bond acceptors (Lipinski definition) is 2. The van der Waals surface area contributed by atoms with Gasteiger partial charge < -0.3 is 0 Å². The zero-order valence-electron chi connectivity index (χ0n) is 5.44. The Hall–Kier alpha value is -0.900. The number of hydrogen-bond donors (Lipinski definition) is 0. The lowest BCUT2D eigenvalue weighted by Crippen LogP contribution is -1.90. The van der Waals surface area contributed by atoms with Gasteiger partial charge in [0, 0.05) is 23.5 Å². The lowest BCUT2D eigenvalue weighted by Gasteiger charge is -1.92. The van der Waals surface area contributed by atoms with Crippen molar-refractivity contribution in [2.24, 2.45) is 0 Å². The summed E-state index contributed by atoms with van der Waals surface area (Å²) >= 11 is 0. The van der Waals surface area contributed by atoms with Crippen LogP contribution in [0, 0.1) is 0 Å². The first-order chi connectivity index (χ1) is 4.79. The molecule has 10 heavy (non-hydrogen) atoms. The third-order valence-corrected chi connectivity index (χ3v) is 2.66. The maximum atomic E-state index is 11.1. The monoisotopic (exact) mass is 154 g/mol. The Morgan fingerprint density at radius 3 is 3.20 bits per heavy atom. The van der Waals surface area contributed by atoms with Crippen LogP contribution in [0.25, 0.3) is 5.70 Å². The maximum absolute atomic E-state index is 11.1. The minimum atomic E-state index is -1.01. The molecule has 2 heterocycles. The van der Waals surface area contributed by atoms with Crippen LogP contribution in [-0.4, -0.2) is 13.8 Å². The van der Waals surface area contributed by atoms with Gasteiger partial charge in [-0.2, -0.15) is 0 Å². The van der Waals surface area contributed by atoms with Gasteiger partial charge in [-0.3, -0.25) is 4.57 Å². The Labute approximate surface area is 60.8 Å². The summed E-state index contributed by atoms with van der Waals surface area (Å²) in [5.41, 5.74) is 0.992. The smallest absolute Gasteiger partial charge is 0.207 e. The number of fused-ring (bicyclic) bond motifs is 1. The number of nitrogens with zero attached hydrogens (tertiary/aromatic N) is 2. The molecule has 0 aliphatic carbocycles. The third-order valence-electron chi connectivity index (χ3n) is 1.44. The van der Waals surface area contributed by atoms with Crippen LogP contribution in [0.3, 0.4) is 0 Å². The van der Waals surface area contributed by atoms with E-state index in [1.54, 1.807) is 11.6 Å². The number of rotatable bonds is 0. The molecule has 0 radical (unpaired) electrons. The van der Waals surface area contributed by atoms with Gasteiger partial charge in [-0.15, -0.1) is 0 Å². The molecule has 52 valence electrons. The zero-order chi connectivity index (χ0) is 7.14. The van der Waals surface area contributed by atoms with E-state index >= 15 is 0 Å². The average Bonchev–Trinajstić information content (AvgIpc) is 2.39. The second-order valence-corrected chi connectivity index (χ2v) is 3.33. The molecule has 1 aliphatic rings. The summed E-state index contributed by atoms with van der Waals surface area (Å²) in [6.07, 6.45) is 3.47. The van der Waals surface area contributed by atoms with Crippen molar-refractivity contribution in [3.63, 3.8) is 0 Å². The Bertz CT molecular complexity index is 326. The van der Waals surface area contributed by atoms with Crippen molar-refractivity contribution in [2.45, 2.75) is 12.1 Å². The highest BCUT2D eigenvalue weighted by Crippen LogP contribution is 2.20. The average molecular weight is 154 g/mol. The first-order valence-electron chi connectivity index (χ1n) is 2.92. The molecule has 1 aliphatic heterocycles. The third kappa shape index (κ3) is 0.593. The second-order valence-electron chi connectivity index (χ2n) is 2.14. The molecule has 3 nitrogen and oxygen atoms in total. The molecule has 1 atom stereocenters. The normalized spacial score (nSPS) is 22.5. The van der Waals surface area contributed by atoms with Crippen molar-refractivity contribution in [2.75, 3.05) is 0 Å². The van der Waals surface area contributed by atoms with Crippen molar-refractivity contribution in [3.8, 4) is 0 Å². The van der Waals surface area contributed by atoms with Crippen LogP contribution in [0.2, 0.25) is 0 Å². The molecule has 0 amide bonds. The largest absolute Gasteiger partial charge is 0.296 e. The van der Waals surface area contributed by atoms with Crippen LogP contribution in [0.15, 0.2) is 23.0 Å². The van der Waals surface area contributed by atoms with Gasteiger partial charge in [-0.1, -0.05) is 0 Å². The highest BCUT2D eigenvalue weighted by Gasteiger charge is 2.16. The summed E-state index contributed by atoms with van der Waals surface area (Å²) in [5, 5.41) is 2.33. The highest BCUT2D eigenvalue weighted by molar-refractivity contribution is 7.88. The van der Waals surface area contributed by atoms with E-state index in [9.17, 15) is 4.21 Å². The van der Waals surface area contributed by atoms with E-state index in [-0.39, 0.29) is 0 Å². The molecule has 1 unspecified atom stereocenters. The summed E-state index contributed by atoms with van der Waals surface area (Å²) in [7, 11) is -1.01. The van der Waals surface area contributed by atoms with E-state index in [2.05, 4.69) is 4.98 Å². The first-order valence-corrected chi connectivity index (χ1v) is 4.13. The van der Waals surface area contributed by atoms with Gasteiger partial charge in [0.25, 0.3) is 0 Å². The Morgan fingerprint density at radius 2 is 2.50 bits per heavy atom. The molecular formula is C6H6N2OS. The van der Waals surface area contributed by atoms with E-state index in [1.807, 2.05) is 17.7 Å². The van der Waals surface area contributed by atoms with Crippen LogP contribution in [-0.2, 0) is 10.8 Å². The van der Waals surface area contributed by atoms with E-state index in [0.717, 1.165) is 5.70 Å². The van der Waals surface area contributed by atoms with Gasteiger partial charge in [-0.25, -0.2) is 9.19 Å². The van der Waals surface area contributed by atoms with Gasteiger partial charge in [0.15, 0.2) is 0 Å². The highest BCUT2D eigenvalue weighted by atomic mass is 32.2. The van der Waals surface area contributed by atoms with Crippen LogP contribution in [0.1, 0.15) is 6.92 Å². The van der Waals surface area contributed by atoms with Crippen LogP contribution < -0.4 is 0 Å². The van der Waals surface area contributed by atoms with Crippen LogP contribution >= 0.6 is 0 Å². The lowest BCUT2D eigenvalue weighted by molar-refractivity contribution is 0.682. The number of imidazole rings is 1. The molecule has 0 spiro atoms. The summed E-state index contributed by atoms with van der Waals surface area (Å²) in [6, 6.07) is 0. The van der Waals surface area contributed by atoms with Crippen LogP contribution in [0.4, 0.5) is 0 Å². The SMILES string of the molecule is CC1=CS(=O)c2nccn21. The summed E-state index contributed by atoms with van der Waals surface area (Å²) in [4.78, 5) is 3.94. The standard InChI is InChI=1S/C6H6N2OS/c1-5-4-10(9)6-7-2-3-8(5)6/h2-4H,1H3. The molecule has 0 saturated heterocycles. The van der Waals surface area contributed by atoms with Crippen molar-refractivity contribution in [1.29, 1.82) is 0 Å². The quantitative estimate of drug-likeness (QED) is 0.554. The Morgan fingerprint density at radius 1 is 1.70 bits per heavy atom. The topological polar surface area (TPSA) is 34.9 Å². The molecule has 0 fully saturated rings. The zero-order valence-corrected chi connectivity index (χ0v) is 6.26. The minimum absolute atomic E-state index is 0.637. The lowest BCUT2D eigenvalue weighted by atomic mass is 10.6. The predicted octanol–water partition coefficient (Wildman–Crippen LogP) is 0.823. The summed E-state index contributed by atoms with van der Waals surface area (Å²) < 4.78 is 12.9. The van der Waals surface area contributed by atoms with Crippen LogP contribution in [0.5, 0.6) is 0 Å². The summed E-state index contributed by atoms with van der Waals surface area (Å²) in [5.74, 6) is 0. The van der Waals surface area contributed by atoms with Crippen molar-refractivity contribution in [1.82, 2.24) is 9.55 Å². The fourth-order valence-electron chi connectivity index (χ4n) is 0.971. The maximum Gasteiger partial charge on any atom is 0.207 e. The van der Waals surface area contributed by atoms with Gasteiger partial charge in [0.1, 0.15) is 10.8 Å². The van der Waals surface area contributed by atoms with Crippen molar-refractivity contribution < 1.29 is 4.21 Å². The first kappa shape index (κ1) is 5.85. The molecular weight excluding hydrogens is 148 g/mol. The second kappa shape index (κ2) is 1.79. The molecule has 0 bridgehead atoms. The van der Waals surface area contributed by atoms with E-state index in [4.69, 9.17) is 0 Å². The van der Waals surface area contributed by atoms with Gasteiger partial charge in [0.2, 0.25) is 5.16 Å². The van der Waals surface area contributed by atoms with E-state index in [1.165, 1.54) is 0 Å². The predicted molar refractivity (Wildman–Crippen MR) is 38.6 cm³/mol.